The summed E-state index contributed by atoms with van der Waals surface area (Å²) in [6, 6.07) is 8.06. The molecule has 0 fully saturated rings. The van der Waals surface area contributed by atoms with Gasteiger partial charge in [0.25, 0.3) is 5.56 Å². The standard InChI is InChI=1S/C19H17N3O2S3/c1-2-12-5-6-13(27-12)8-20-16(23)9-22-11-21-18-17(19(22)24)14(10-26-18)15-4-3-7-25-15/h3-7,10-11H,2,8-9H2,1H3,(H,20,23). The van der Waals surface area contributed by atoms with Crippen molar-refractivity contribution in [1.82, 2.24) is 14.9 Å². The molecule has 4 aromatic rings. The topological polar surface area (TPSA) is 64.0 Å². The van der Waals surface area contributed by atoms with Gasteiger partial charge in [-0.2, -0.15) is 0 Å². The van der Waals surface area contributed by atoms with E-state index < -0.39 is 0 Å². The first-order chi connectivity index (χ1) is 13.2. The van der Waals surface area contributed by atoms with Crippen LogP contribution in [0.5, 0.6) is 0 Å². The Bertz CT molecular complexity index is 1140. The second-order valence-corrected chi connectivity index (χ2v) is 9.04. The second-order valence-electron chi connectivity index (χ2n) is 5.98. The minimum Gasteiger partial charge on any atom is -0.350 e. The number of aryl methyl sites for hydroxylation is 1. The molecule has 1 amide bonds. The lowest BCUT2D eigenvalue weighted by molar-refractivity contribution is -0.121. The zero-order valence-corrected chi connectivity index (χ0v) is 17.0. The maximum atomic E-state index is 12.9. The first-order valence-electron chi connectivity index (χ1n) is 8.50. The lowest BCUT2D eigenvalue weighted by Crippen LogP contribution is -2.31. The number of hydrogen-bond acceptors (Lipinski definition) is 6. The number of fused-ring (bicyclic) bond motifs is 1. The number of nitrogens with one attached hydrogen (secondary N) is 1. The van der Waals surface area contributed by atoms with E-state index in [0.717, 1.165) is 21.7 Å². The molecule has 0 aliphatic heterocycles. The molecule has 0 saturated heterocycles. The van der Waals surface area contributed by atoms with Gasteiger partial charge in [0.2, 0.25) is 5.91 Å². The van der Waals surface area contributed by atoms with Crippen molar-refractivity contribution in [3.63, 3.8) is 0 Å². The predicted octanol–water partition coefficient (Wildman–Crippen LogP) is 4.13. The summed E-state index contributed by atoms with van der Waals surface area (Å²) in [5, 5.41) is 7.41. The number of hydrogen-bond donors (Lipinski definition) is 1. The van der Waals surface area contributed by atoms with E-state index >= 15 is 0 Å². The summed E-state index contributed by atoms with van der Waals surface area (Å²) in [7, 11) is 0. The van der Waals surface area contributed by atoms with Gasteiger partial charge in [0, 0.05) is 25.6 Å². The van der Waals surface area contributed by atoms with E-state index in [1.165, 1.54) is 27.1 Å². The Hall–Kier alpha value is -2.29. The van der Waals surface area contributed by atoms with Crippen molar-refractivity contribution in [3.8, 4) is 10.4 Å². The average Bonchev–Trinajstić information content (AvgIpc) is 3.42. The maximum absolute atomic E-state index is 12.9. The molecule has 0 bridgehead atoms. The minimum absolute atomic E-state index is 0.0342. The predicted molar refractivity (Wildman–Crippen MR) is 113 cm³/mol. The van der Waals surface area contributed by atoms with E-state index in [1.807, 2.05) is 29.0 Å². The highest BCUT2D eigenvalue weighted by Gasteiger charge is 2.15. The first-order valence-corrected chi connectivity index (χ1v) is 11.1. The Morgan fingerprint density at radius 1 is 1.22 bits per heavy atom. The molecule has 0 unspecified atom stereocenters. The molecule has 27 heavy (non-hydrogen) atoms. The highest BCUT2D eigenvalue weighted by molar-refractivity contribution is 7.18. The van der Waals surface area contributed by atoms with Crippen molar-refractivity contribution in [2.45, 2.75) is 26.4 Å². The Balaban J connectivity index is 1.53. The Labute approximate surface area is 167 Å². The van der Waals surface area contributed by atoms with Crippen molar-refractivity contribution in [2.24, 2.45) is 0 Å². The van der Waals surface area contributed by atoms with E-state index in [1.54, 1.807) is 22.7 Å². The third-order valence-electron chi connectivity index (χ3n) is 4.19. The fourth-order valence-corrected chi connectivity index (χ4v) is 5.42. The zero-order valence-electron chi connectivity index (χ0n) is 14.6. The van der Waals surface area contributed by atoms with Crippen molar-refractivity contribution >= 4 is 50.1 Å². The third kappa shape index (κ3) is 3.73. The van der Waals surface area contributed by atoms with Gasteiger partial charge in [-0.1, -0.05) is 13.0 Å². The van der Waals surface area contributed by atoms with E-state index in [4.69, 9.17) is 0 Å². The van der Waals surface area contributed by atoms with E-state index in [0.29, 0.717) is 16.8 Å². The molecule has 0 aliphatic carbocycles. The van der Waals surface area contributed by atoms with Crippen LogP contribution in [0.25, 0.3) is 20.7 Å². The first kappa shape index (κ1) is 18.1. The average molecular weight is 416 g/mol. The smallest absolute Gasteiger partial charge is 0.263 e. The number of thiophene rings is 3. The van der Waals surface area contributed by atoms with Crippen molar-refractivity contribution in [3.05, 3.63) is 61.5 Å². The van der Waals surface area contributed by atoms with Crippen LogP contribution in [-0.2, 0) is 24.3 Å². The van der Waals surface area contributed by atoms with Gasteiger partial charge >= 0.3 is 0 Å². The van der Waals surface area contributed by atoms with Gasteiger partial charge < -0.3 is 5.32 Å². The normalized spacial score (nSPS) is 11.1. The number of amides is 1. The highest BCUT2D eigenvalue weighted by Crippen LogP contribution is 2.33. The molecule has 1 N–H and O–H groups in total. The van der Waals surface area contributed by atoms with Gasteiger partial charge in [0.05, 0.1) is 18.3 Å². The molecular formula is C19H17N3O2S3. The van der Waals surface area contributed by atoms with Crippen molar-refractivity contribution in [2.75, 3.05) is 0 Å². The van der Waals surface area contributed by atoms with Crippen LogP contribution < -0.4 is 10.9 Å². The van der Waals surface area contributed by atoms with Gasteiger partial charge in [0.1, 0.15) is 11.4 Å². The van der Waals surface area contributed by atoms with Crippen LogP contribution in [0.3, 0.4) is 0 Å². The van der Waals surface area contributed by atoms with Crippen LogP contribution in [0.15, 0.2) is 46.1 Å². The molecule has 4 rings (SSSR count). The van der Waals surface area contributed by atoms with Gasteiger partial charge in [-0.05, 0) is 30.0 Å². The molecule has 0 spiro atoms. The largest absolute Gasteiger partial charge is 0.350 e. The summed E-state index contributed by atoms with van der Waals surface area (Å²) in [6.45, 7) is 2.55. The van der Waals surface area contributed by atoms with Gasteiger partial charge in [0.15, 0.2) is 0 Å². The zero-order chi connectivity index (χ0) is 18.8. The number of carbonyl (C=O) groups is 1. The minimum atomic E-state index is -0.197. The fourth-order valence-electron chi connectivity index (χ4n) is 2.80. The molecule has 8 heteroatoms. The lowest BCUT2D eigenvalue weighted by atomic mass is 10.2. The summed E-state index contributed by atoms with van der Waals surface area (Å²) >= 11 is 4.73. The highest BCUT2D eigenvalue weighted by atomic mass is 32.1. The Kier molecular flexibility index (Phi) is 5.20. The molecule has 0 aliphatic rings. The number of nitrogens with zero attached hydrogens (tertiary/aromatic N) is 2. The van der Waals surface area contributed by atoms with Crippen LogP contribution >= 0.6 is 34.0 Å². The number of rotatable bonds is 6. The molecule has 5 nitrogen and oxygen atoms in total. The summed E-state index contributed by atoms with van der Waals surface area (Å²) < 4.78 is 1.38. The SMILES string of the molecule is CCc1ccc(CNC(=O)Cn2cnc3scc(-c4cccs4)c3c2=O)s1. The van der Waals surface area contributed by atoms with Crippen LogP contribution in [0.4, 0.5) is 0 Å². The Morgan fingerprint density at radius 2 is 2.07 bits per heavy atom. The quantitative estimate of drug-likeness (QED) is 0.515. The molecule has 4 heterocycles. The summed E-state index contributed by atoms with van der Waals surface area (Å²) in [5.74, 6) is -0.197. The van der Waals surface area contributed by atoms with Crippen LogP contribution in [0, 0.1) is 0 Å². The molecule has 0 atom stereocenters. The van der Waals surface area contributed by atoms with Crippen molar-refractivity contribution in [1.29, 1.82) is 0 Å². The van der Waals surface area contributed by atoms with Gasteiger partial charge in [-0.15, -0.1) is 34.0 Å². The second kappa shape index (κ2) is 7.75. The van der Waals surface area contributed by atoms with Crippen molar-refractivity contribution < 1.29 is 4.79 Å². The van der Waals surface area contributed by atoms with Crippen LogP contribution in [0.1, 0.15) is 16.7 Å². The van der Waals surface area contributed by atoms with Crippen LogP contribution in [-0.4, -0.2) is 15.5 Å². The number of aromatic nitrogens is 2. The Morgan fingerprint density at radius 3 is 2.81 bits per heavy atom. The van der Waals surface area contributed by atoms with Crippen LogP contribution in [0.2, 0.25) is 0 Å². The summed E-state index contributed by atoms with van der Waals surface area (Å²) in [5.41, 5.74) is 0.715. The molecule has 138 valence electrons. The molecular weight excluding hydrogens is 398 g/mol. The summed E-state index contributed by atoms with van der Waals surface area (Å²) in [6.07, 6.45) is 2.45. The monoisotopic (exact) mass is 415 g/mol. The molecule has 4 aromatic heterocycles. The molecule has 0 aromatic carbocycles. The molecule has 0 radical (unpaired) electrons. The van der Waals surface area contributed by atoms with Gasteiger partial charge in [-0.3, -0.25) is 14.2 Å². The van der Waals surface area contributed by atoms with E-state index in [2.05, 4.69) is 23.3 Å². The van der Waals surface area contributed by atoms with Gasteiger partial charge in [-0.25, -0.2) is 4.98 Å². The number of carbonyl (C=O) groups excluding carboxylic acids is 1. The molecule has 0 saturated carbocycles. The maximum Gasteiger partial charge on any atom is 0.263 e. The summed E-state index contributed by atoms with van der Waals surface area (Å²) in [4.78, 5) is 33.7. The van der Waals surface area contributed by atoms with E-state index in [9.17, 15) is 9.59 Å². The van der Waals surface area contributed by atoms with E-state index in [-0.39, 0.29) is 18.0 Å². The lowest BCUT2D eigenvalue weighted by Gasteiger charge is -2.07. The third-order valence-corrected chi connectivity index (χ3v) is 7.21. The fraction of sp³-hybridized carbons (Fsp3) is 0.211.